The summed E-state index contributed by atoms with van der Waals surface area (Å²) in [6.07, 6.45) is 1.79. The van der Waals surface area contributed by atoms with Crippen molar-refractivity contribution < 1.29 is 4.79 Å². The highest BCUT2D eigenvalue weighted by molar-refractivity contribution is 6.30. The van der Waals surface area contributed by atoms with Crippen molar-refractivity contribution in [3.63, 3.8) is 0 Å². The Bertz CT molecular complexity index is 360. The summed E-state index contributed by atoms with van der Waals surface area (Å²) < 4.78 is 0. The van der Waals surface area contributed by atoms with Crippen LogP contribution in [0.2, 0.25) is 0 Å². The zero-order valence-electron chi connectivity index (χ0n) is 10.7. The van der Waals surface area contributed by atoms with Crippen molar-refractivity contribution in [2.24, 2.45) is 0 Å². The highest BCUT2D eigenvalue weighted by atomic mass is 35.5. The molecule has 0 heterocycles. The second-order valence-corrected chi connectivity index (χ2v) is 4.97. The molecular formula is C14H20ClNO. The molecule has 1 N–H and O–H groups in total. The number of rotatable bonds is 5. The van der Waals surface area contributed by atoms with E-state index in [0.29, 0.717) is 0 Å². The molecule has 0 saturated carbocycles. The lowest BCUT2D eigenvalue weighted by molar-refractivity contribution is -0.122. The first-order valence-electron chi connectivity index (χ1n) is 6.03. The van der Waals surface area contributed by atoms with Gasteiger partial charge in [-0.2, -0.15) is 0 Å². The number of carbonyl (C=O) groups is 1. The van der Waals surface area contributed by atoms with Crippen LogP contribution in [0.3, 0.4) is 0 Å². The van der Waals surface area contributed by atoms with Gasteiger partial charge in [-0.25, -0.2) is 0 Å². The van der Waals surface area contributed by atoms with Gasteiger partial charge in [-0.1, -0.05) is 44.2 Å². The summed E-state index contributed by atoms with van der Waals surface area (Å²) in [5.74, 6) is -0.121. The highest BCUT2D eigenvalue weighted by Crippen LogP contribution is 2.22. The zero-order chi connectivity index (χ0) is 12.9. The fraction of sp³-hybridized carbons (Fsp3) is 0.500. The fourth-order valence-corrected chi connectivity index (χ4v) is 1.76. The summed E-state index contributed by atoms with van der Waals surface area (Å²) in [6, 6.07) is 9.42. The molecule has 1 atom stereocenters. The maximum atomic E-state index is 12.0. The van der Waals surface area contributed by atoms with Crippen LogP contribution in [0.25, 0.3) is 0 Å². The van der Waals surface area contributed by atoms with Crippen LogP contribution >= 0.6 is 11.6 Å². The van der Waals surface area contributed by atoms with Gasteiger partial charge in [-0.3, -0.25) is 4.79 Å². The van der Waals surface area contributed by atoms with Crippen LogP contribution < -0.4 is 5.32 Å². The molecule has 1 aromatic rings. The Morgan fingerprint density at radius 3 is 2.29 bits per heavy atom. The summed E-state index contributed by atoms with van der Waals surface area (Å²) in [7, 11) is 0. The quantitative estimate of drug-likeness (QED) is 0.798. The molecule has 1 rings (SSSR count). The van der Waals surface area contributed by atoms with E-state index in [1.165, 1.54) is 0 Å². The molecule has 0 saturated heterocycles. The third kappa shape index (κ3) is 3.74. The number of nitrogens with one attached hydrogen (secondary N) is 1. The van der Waals surface area contributed by atoms with Gasteiger partial charge in [0.05, 0.1) is 0 Å². The Labute approximate surface area is 108 Å². The van der Waals surface area contributed by atoms with E-state index in [1.807, 2.05) is 37.3 Å². The lowest BCUT2D eigenvalue weighted by atomic mass is 9.95. The molecule has 17 heavy (non-hydrogen) atoms. The number of hydrogen-bond acceptors (Lipinski definition) is 1. The van der Waals surface area contributed by atoms with Crippen molar-refractivity contribution in [3.05, 3.63) is 35.9 Å². The molecule has 0 radical (unpaired) electrons. The molecule has 0 spiro atoms. The third-order valence-corrected chi connectivity index (χ3v) is 3.76. The molecule has 0 aliphatic rings. The average Bonchev–Trinajstić information content (AvgIpc) is 2.38. The van der Waals surface area contributed by atoms with Gasteiger partial charge >= 0.3 is 0 Å². The number of hydrogen-bond donors (Lipinski definition) is 1. The Balaban J connectivity index is 2.71. The molecule has 2 nitrogen and oxygen atoms in total. The number of carbonyl (C=O) groups excluding carboxylic acids is 1. The minimum Gasteiger partial charge on any atom is -0.349 e. The van der Waals surface area contributed by atoms with Gasteiger partial charge in [-0.05, 0) is 25.3 Å². The number of alkyl halides is 1. The largest absolute Gasteiger partial charge is 0.349 e. The Morgan fingerprint density at radius 1 is 1.29 bits per heavy atom. The van der Waals surface area contributed by atoms with Gasteiger partial charge in [0, 0.05) is 5.54 Å². The molecule has 1 amide bonds. The molecule has 1 unspecified atom stereocenters. The SMILES string of the molecule is CCC(C)(CC)NC(=O)C(Cl)c1ccccc1. The smallest absolute Gasteiger partial charge is 0.243 e. The standard InChI is InChI=1S/C14H20ClNO/c1-4-14(3,5-2)16-13(17)12(15)11-9-7-6-8-10-11/h6-10,12H,4-5H2,1-3H3,(H,16,17). The van der Waals surface area contributed by atoms with E-state index in [2.05, 4.69) is 19.2 Å². The predicted molar refractivity (Wildman–Crippen MR) is 72.2 cm³/mol. The van der Waals surface area contributed by atoms with E-state index in [-0.39, 0.29) is 11.4 Å². The van der Waals surface area contributed by atoms with E-state index >= 15 is 0 Å². The summed E-state index contributed by atoms with van der Waals surface area (Å²) in [5, 5.41) is 2.40. The maximum absolute atomic E-state index is 12.0. The monoisotopic (exact) mass is 253 g/mol. The molecule has 1 aromatic carbocycles. The molecular weight excluding hydrogens is 234 g/mol. The Kier molecular flexibility index (Phi) is 5.01. The molecule has 94 valence electrons. The van der Waals surface area contributed by atoms with E-state index in [9.17, 15) is 4.79 Å². The van der Waals surface area contributed by atoms with Crippen LogP contribution in [0.15, 0.2) is 30.3 Å². The number of benzene rings is 1. The van der Waals surface area contributed by atoms with E-state index in [4.69, 9.17) is 11.6 Å². The van der Waals surface area contributed by atoms with Crippen molar-refractivity contribution in [2.75, 3.05) is 0 Å². The van der Waals surface area contributed by atoms with E-state index in [0.717, 1.165) is 18.4 Å². The van der Waals surface area contributed by atoms with Gasteiger partial charge in [-0.15, -0.1) is 11.6 Å². The summed E-state index contributed by atoms with van der Waals surface area (Å²) >= 11 is 6.16. The molecule has 0 aromatic heterocycles. The normalized spacial score (nSPS) is 13.2. The lowest BCUT2D eigenvalue weighted by Crippen LogP contribution is -2.46. The summed E-state index contributed by atoms with van der Waals surface area (Å²) in [6.45, 7) is 6.17. The highest BCUT2D eigenvalue weighted by Gasteiger charge is 2.26. The molecule has 0 bridgehead atoms. The van der Waals surface area contributed by atoms with Crippen molar-refractivity contribution in [1.29, 1.82) is 0 Å². The second-order valence-electron chi connectivity index (χ2n) is 4.53. The van der Waals surface area contributed by atoms with Crippen LogP contribution in [0.5, 0.6) is 0 Å². The van der Waals surface area contributed by atoms with Crippen LogP contribution in [0, 0.1) is 0 Å². The van der Waals surface area contributed by atoms with Crippen LogP contribution in [0.1, 0.15) is 44.6 Å². The maximum Gasteiger partial charge on any atom is 0.243 e. The van der Waals surface area contributed by atoms with Gasteiger partial charge < -0.3 is 5.32 Å². The lowest BCUT2D eigenvalue weighted by Gasteiger charge is -2.29. The van der Waals surface area contributed by atoms with E-state index < -0.39 is 5.38 Å². The summed E-state index contributed by atoms with van der Waals surface area (Å²) in [5.41, 5.74) is 0.667. The first-order chi connectivity index (χ1) is 8.02. The van der Waals surface area contributed by atoms with Gasteiger partial charge in [0.1, 0.15) is 5.38 Å². The summed E-state index contributed by atoms with van der Waals surface area (Å²) in [4.78, 5) is 12.0. The van der Waals surface area contributed by atoms with Crippen molar-refractivity contribution in [1.82, 2.24) is 5.32 Å². The predicted octanol–water partition coefficient (Wildman–Crippen LogP) is 3.66. The number of halogens is 1. The molecule has 0 fully saturated rings. The fourth-order valence-electron chi connectivity index (χ4n) is 1.56. The molecule has 0 aliphatic carbocycles. The van der Waals surface area contributed by atoms with Gasteiger partial charge in [0.2, 0.25) is 5.91 Å². The second kappa shape index (κ2) is 6.06. The Morgan fingerprint density at radius 2 is 1.82 bits per heavy atom. The van der Waals surface area contributed by atoms with Gasteiger partial charge in [0.15, 0.2) is 0 Å². The molecule has 3 heteroatoms. The third-order valence-electron chi connectivity index (χ3n) is 3.31. The minimum absolute atomic E-state index is 0.121. The first-order valence-corrected chi connectivity index (χ1v) is 6.47. The van der Waals surface area contributed by atoms with E-state index in [1.54, 1.807) is 0 Å². The van der Waals surface area contributed by atoms with Gasteiger partial charge in [0.25, 0.3) is 0 Å². The van der Waals surface area contributed by atoms with Crippen molar-refractivity contribution >= 4 is 17.5 Å². The van der Waals surface area contributed by atoms with Crippen LogP contribution in [-0.2, 0) is 4.79 Å². The van der Waals surface area contributed by atoms with Crippen molar-refractivity contribution in [2.45, 2.75) is 44.5 Å². The van der Waals surface area contributed by atoms with Crippen molar-refractivity contribution in [3.8, 4) is 0 Å². The van der Waals surface area contributed by atoms with Crippen LogP contribution in [-0.4, -0.2) is 11.4 Å². The topological polar surface area (TPSA) is 29.1 Å². The minimum atomic E-state index is -0.617. The molecule has 0 aliphatic heterocycles. The zero-order valence-corrected chi connectivity index (χ0v) is 11.4. The first kappa shape index (κ1) is 14.0. The average molecular weight is 254 g/mol. The Hall–Kier alpha value is -1.02. The number of amides is 1. The van der Waals surface area contributed by atoms with Crippen LogP contribution in [0.4, 0.5) is 0 Å².